The monoisotopic (exact) mass is 353 g/mol. The molecule has 0 N–H and O–H groups in total. The topological polar surface area (TPSA) is 54.5 Å². The van der Waals surface area contributed by atoms with E-state index >= 15 is 0 Å². The summed E-state index contributed by atoms with van der Waals surface area (Å²) in [4.78, 5) is 13.5. The van der Waals surface area contributed by atoms with Gasteiger partial charge in [0.15, 0.2) is 5.78 Å². The first-order chi connectivity index (χ1) is 11.9. The average Bonchev–Trinajstić information content (AvgIpc) is 3.05. The summed E-state index contributed by atoms with van der Waals surface area (Å²) in [5.41, 5.74) is 1.34. The summed E-state index contributed by atoms with van der Waals surface area (Å²) in [7, 11) is -3.74. The fraction of sp³-hybridized carbons (Fsp3) is 0.250. The molecule has 128 valence electrons. The summed E-state index contributed by atoms with van der Waals surface area (Å²) in [6.07, 6.45) is 4.83. The Labute approximate surface area is 147 Å². The molecule has 2 aromatic carbocycles. The van der Waals surface area contributed by atoms with Gasteiger partial charge in [-0.05, 0) is 37.5 Å². The molecular weight excluding hydrogens is 334 g/mol. The molecule has 25 heavy (non-hydrogen) atoms. The highest BCUT2D eigenvalue weighted by Crippen LogP contribution is 2.41. The van der Waals surface area contributed by atoms with E-state index in [2.05, 4.69) is 0 Å². The Kier molecular flexibility index (Phi) is 3.67. The summed E-state index contributed by atoms with van der Waals surface area (Å²) < 4.78 is 27.8. The van der Waals surface area contributed by atoms with Gasteiger partial charge in [0.05, 0.1) is 4.90 Å². The predicted molar refractivity (Wildman–Crippen MR) is 96.8 cm³/mol. The van der Waals surface area contributed by atoms with Crippen LogP contribution < -0.4 is 0 Å². The lowest BCUT2D eigenvalue weighted by Gasteiger charge is -2.36. The van der Waals surface area contributed by atoms with Gasteiger partial charge in [-0.25, -0.2) is 8.42 Å². The van der Waals surface area contributed by atoms with E-state index in [-0.39, 0.29) is 10.7 Å². The van der Waals surface area contributed by atoms with Crippen LogP contribution >= 0.6 is 0 Å². The van der Waals surface area contributed by atoms with E-state index in [1.54, 1.807) is 36.4 Å². The van der Waals surface area contributed by atoms with Gasteiger partial charge in [0.1, 0.15) is 5.54 Å². The minimum atomic E-state index is -3.74. The van der Waals surface area contributed by atoms with E-state index in [0.29, 0.717) is 24.9 Å². The number of carbonyl (C=O) groups excluding carboxylic acids is 1. The van der Waals surface area contributed by atoms with E-state index in [1.807, 2.05) is 31.2 Å². The van der Waals surface area contributed by atoms with Crippen LogP contribution in [-0.4, -0.2) is 30.6 Å². The summed E-state index contributed by atoms with van der Waals surface area (Å²) >= 11 is 0. The van der Waals surface area contributed by atoms with Gasteiger partial charge in [0.25, 0.3) is 0 Å². The SMILES string of the molecule is Cc1ccc(S(=O)(=O)N2CCCC23C=Cc2ccccc2C3=O)cc1. The van der Waals surface area contributed by atoms with Crippen LogP contribution in [0.1, 0.15) is 34.3 Å². The zero-order valence-corrected chi connectivity index (χ0v) is 14.8. The summed E-state index contributed by atoms with van der Waals surface area (Å²) in [6, 6.07) is 14.1. The van der Waals surface area contributed by atoms with Crippen molar-refractivity contribution in [1.82, 2.24) is 4.31 Å². The molecule has 1 aliphatic heterocycles. The largest absolute Gasteiger partial charge is 0.292 e. The maximum Gasteiger partial charge on any atom is 0.244 e. The van der Waals surface area contributed by atoms with Crippen LogP contribution in [-0.2, 0) is 10.0 Å². The predicted octanol–water partition coefficient (Wildman–Crippen LogP) is 3.43. The van der Waals surface area contributed by atoms with Crippen molar-refractivity contribution in [2.24, 2.45) is 0 Å². The number of nitrogens with zero attached hydrogens (tertiary/aromatic N) is 1. The van der Waals surface area contributed by atoms with E-state index < -0.39 is 15.6 Å². The fourth-order valence-corrected chi connectivity index (χ4v) is 5.54. The molecule has 1 saturated heterocycles. The van der Waals surface area contributed by atoms with Crippen LogP contribution in [0.15, 0.2) is 59.5 Å². The first kappa shape index (κ1) is 16.2. The van der Waals surface area contributed by atoms with Crippen molar-refractivity contribution in [3.05, 3.63) is 71.3 Å². The van der Waals surface area contributed by atoms with Crippen LogP contribution in [0.2, 0.25) is 0 Å². The van der Waals surface area contributed by atoms with E-state index in [9.17, 15) is 13.2 Å². The fourth-order valence-electron chi connectivity index (χ4n) is 3.77. The van der Waals surface area contributed by atoms with Crippen molar-refractivity contribution in [3.63, 3.8) is 0 Å². The van der Waals surface area contributed by atoms with Gasteiger partial charge in [-0.2, -0.15) is 4.31 Å². The van der Waals surface area contributed by atoms with Crippen LogP contribution in [0.25, 0.3) is 6.08 Å². The molecule has 5 heteroatoms. The van der Waals surface area contributed by atoms with Gasteiger partial charge in [0.2, 0.25) is 10.0 Å². The lowest BCUT2D eigenvalue weighted by Crippen LogP contribution is -2.52. The molecule has 4 nitrogen and oxygen atoms in total. The minimum Gasteiger partial charge on any atom is -0.292 e. The smallest absolute Gasteiger partial charge is 0.244 e. The number of aryl methyl sites for hydroxylation is 1. The van der Waals surface area contributed by atoms with Gasteiger partial charge in [0, 0.05) is 12.1 Å². The molecule has 1 spiro atoms. The number of carbonyl (C=O) groups is 1. The van der Waals surface area contributed by atoms with Crippen molar-refractivity contribution in [2.45, 2.75) is 30.2 Å². The maximum absolute atomic E-state index is 13.2. The van der Waals surface area contributed by atoms with E-state index in [1.165, 1.54) is 4.31 Å². The minimum absolute atomic E-state index is 0.126. The molecule has 1 fully saturated rings. The average molecular weight is 353 g/mol. The molecule has 0 amide bonds. The highest BCUT2D eigenvalue weighted by Gasteiger charge is 2.52. The molecule has 0 saturated carbocycles. The molecule has 0 bridgehead atoms. The number of hydrogen-bond acceptors (Lipinski definition) is 3. The van der Waals surface area contributed by atoms with Gasteiger partial charge in [-0.15, -0.1) is 0 Å². The molecule has 2 aromatic rings. The van der Waals surface area contributed by atoms with Gasteiger partial charge < -0.3 is 0 Å². The molecule has 1 heterocycles. The molecular formula is C20H19NO3S. The molecule has 4 rings (SSSR count). The normalized spacial score (nSPS) is 23.2. The van der Waals surface area contributed by atoms with Crippen molar-refractivity contribution in [3.8, 4) is 0 Å². The van der Waals surface area contributed by atoms with Crippen LogP contribution in [0.5, 0.6) is 0 Å². The Bertz CT molecular complexity index is 976. The van der Waals surface area contributed by atoms with Crippen molar-refractivity contribution in [1.29, 1.82) is 0 Å². The number of rotatable bonds is 2. The Hall–Kier alpha value is -2.24. The number of fused-ring (bicyclic) bond motifs is 1. The number of sulfonamides is 1. The standard InChI is InChI=1S/C20H19NO3S/c1-15-7-9-17(10-8-15)25(23,24)21-14-4-12-20(21)13-11-16-5-2-3-6-18(16)19(20)22/h2-3,5-11,13H,4,12,14H2,1H3. The lowest BCUT2D eigenvalue weighted by molar-refractivity contribution is 0.0848. The Morgan fingerprint density at radius 2 is 1.76 bits per heavy atom. The highest BCUT2D eigenvalue weighted by atomic mass is 32.2. The molecule has 1 aliphatic carbocycles. The molecule has 0 aromatic heterocycles. The van der Waals surface area contributed by atoms with Crippen LogP contribution in [0.3, 0.4) is 0 Å². The maximum atomic E-state index is 13.2. The zero-order chi connectivity index (χ0) is 17.7. The third-order valence-corrected chi connectivity index (χ3v) is 7.07. The Morgan fingerprint density at radius 3 is 2.52 bits per heavy atom. The van der Waals surface area contributed by atoms with Gasteiger partial charge >= 0.3 is 0 Å². The van der Waals surface area contributed by atoms with Crippen molar-refractivity contribution >= 4 is 21.9 Å². The third-order valence-electron chi connectivity index (χ3n) is 5.11. The molecule has 2 aliphatic rings. The molecule has 0 radical (unpaired) electrons. The second-order valence-electron chi connectivity index (χ2n) is 6.67. The summed E-state index contributed by atoms with van der Waals surface area (Å²) in [5.74, 6) is -0.126. The third kappa shape index (κ3) is 2.38. The number of hydrogen-bond donors (Lipinski definition) is 0. The zero-order valence-electron chi connectivity index (χ0n) is 14.0. The number of benzene rings is 2. The van der Waals surface area contributed by atoms with E-state index in [0.717, 1.165) is 11.1 Å². The highest BCUT2D eigenvalue weighted by molar-refractivity contribution is 7.89. The first-order valence-corrected chi connectivity index (χ1v) is 9.82. The first-order valence-electron chi connectivity index (χ1n) is 8.38. The van der Waals surface area contributed by atoms with Crippen molar-refractivity contribution in [2.75, 3.05) is 6.54 Å². The van der Waals surface area contributed by atoms with E-state index in [4.69, 9.17) is 0 Å². The van der Waals surface area contributed by atoms with Crippen LogP contribution in [0, 0.1) is 6.92 Å². The molecule has 1 atom stereocenters. The van der Waals surface area contributed by atoms with Crippen molar-refractivity contribution < 1.29 is 13.2 Å². The molecule has 1 unspecified atom stereocenters. The number of Topliss-reactive ketones (excluding diaryl/α,β-unsaturated/α-hetero) is 1. The van der Waals surface area contributed by atoms with Gasteiger partial charge in [-0.3, -0.25) is 4.79 Å². The van der Waals surface area contributed by atoms with Crippen LogP contribution in [0.4, 0.5) is 0 Å². The Balaban J connectivity index is 1.82. The van der Waals surface area contributed by atoms with Gasteiger partial charge in [-0.1, -0.05) is 54.1 Å². The Morgan fingerprint density at radius 1 is 1.04 bits per heavy atom. The lowest BCUT2D eigenvalue weighted by atomic mass is 9.81. The summed E-state index contributed by atoms with van der Waals surface area (Å²) in [6.45, 7) is 2.27. The summed E-state index contributed by atoms with van der Waals surface area (Å²) in [5, 5.41) is 0. The quantitative estimate of drug-likeness (QED) is 0.831. The second-order valence-corrected chi connectivity index (χ2v) is 8.53. The number of ketones is 1. The second kappa shape index (κ2) is 5.64.